The monoisotopic (exact) mass is 388 g/mol. The number of amides is 2. The first-order chi connectivity index (χ1) is 13.5. The second kappa shape index (κ2) is 10.7. The Morgan fingerprint density at radius 1 is 0.786 bits per heavy atom. The predicted octanol–water partition coefficient (Wildman–Crippen LogP) is 1.64. The van der Waals surface area contributed by atoms with Gasteiger partial charge in [-0.1, -0.05) is 0 Å². The highest BCUT2D eigenvalue weighted by atomic mass is 16.5. The first kappa shape index (κ1) is 20.9. The van der Waals surface area contributed by atoms with E-state index in [0.717, 1.165) is 5.75 Å². The van der Waals surface area contributed by atoms with Gasteiger partial charge in [0.25, 0.3) is 5.91 Å². The summed E-state index contributed by atoms with van der Waals surface area (Å²) in [5.41, 5.74) is 0.340. The number of methoxy groups -OCH3 is 3. The second-order valence-electron chi connectivity index (χ2n) is 5.66. The lowest BCUT2D eigenvalue weighted by Crippen LogP contribution is -2.38. The third-order valence-corrected chi connectivity index (χ3v) is 3.78. The van der Waals surface area contributed by atoms with Crippen molar-refractivity contribution < 1.29 is 28.5 Å². The van der Waals surface area contributed by atoms with Gasteiger partial charge >= 0.3 is 0 Å². The minimum Gasteiger partial charge on any atom is -0.497 e. The maximum atomic E-state index is 12.2. The van der Waals surface area contributed by atoms with E-state index in [1.165, 1.54) is 14.2 Å². The number of nitrogens with one attached hydrogen (secondary N) is 2. The highest BCUT2D eigenvalue weighted by Crippen LogP contribution is 2.22. The molecule has 28 heavy (non-hydrogen) atoms. The minimum absolute atomic E-state index is 0.152. The van der Waals surface area contributed by atoms with Gasteiger partial charge in [0.15, 0.2) is 0 Å². The summed E-state index contributed by atoms with van der Waals surface area (Å²) in [6.45, 7) is 0.466. The SMILES string of the molecule is COc1ccc(OCCNC(=O)CNC(=O)c2cc(OC)cc(OC)c2)cc1. The highest BCUT2D eigenvalue weighted by Gasteiger charge is 2.11. The number of rotatable bonds is 10. The van der Waals surface area contributed by atoms with Crippen LogP contribution in [-0.2, 0) is 4.79 Å². The van der Waals surface area contributed by atoms with Crippen LogP contribution in [0.3, 0.4) is 0 Å². The molecule has 0 fully saturated rings. The number of carbonyl (C=O) groups excluding carboxylic acids is 2. The molecule has 2 rings (SSSR count). The largest absolute Gasteiger partial charge is 0.497 e. The molecule has 0 aliphatic heterocycles. The van der Waals surface area contributed by atoms with Crippen molar-refractivity contribution in [2.24, 2.45) is 0 Å². The van der Waals surface area contributed by atoms with E-state index in [4.69, 9.17) is 18.9 Å². The molecule has 2 amide bonds. The molecule has 0 aliphatic carbocycles. The lowest BCUT2D eigenvalue weighted by Gasteiger charge is -2.10. The van der Waals surface area contributed by atoms with Crippen LogP contribution in [0.5, 0.6) is 23.0 Å². The molecule has 0 heterocycles. The summed E-state index contributed by atoms with van der Waals surface area (Å²) in [5.74, 6) is 1.68. The van der Waals surface area contributed by atoms with E-state index in [1.54, 1.807) is 49.6 Å². The molecule has 0 atom stereocenters. The molecule has 8 heteroatoms. The summed E-state index contributed by atoms with van der Waals surface area (Å²) in [7, 11) is 4.59. The van der Waals surface area contributed by atoms with Crippen LogP contribution >= 0.6 is 0 Å². The molecule has 0 saturated heterocycles. The molecule has 0 unspecified atom stereocenters. The summed E-state index contributed by atoms with van der Waals surface area (Å²) in [6, 6.07) is 11.9. The van der Waals surface area contributed by atoms with Crippen molar-refractivity contribution in [2.75, 3.05) is 41.0 Å². The molecule has 0 radical (unpaired) electrons. The third kappa shape index (κ3) is 6.39. The van der Waals surface area contributed by atoms with Crippen molar-refractivity contribution in [1.29, 1.82) is 0 Å². The van der Waals surface area contributed by atoms with Gasteiger partial charge in [-0.3, -0.25) is 9.59 Å². The molecule has 0 aromatic heterocycles. The first-order valence-corrected chi connectivity index (χ1v) is 8.60. The predicted molar refractivity (Wildman–Crippen MR) is 103 cm³/mol. The minimum atomic E-state index is -0.401. The quantitative estimate of drug-likeness (QED) is 0.601. The molecule has 8 nitrogen and oxygen atoms in total. The molecule has 0 bridgehead atoms. The van der Waals surface area contributed by atoms with Crippen LogP contribution in [0.4, 0.5) is 0 Å². The van der Waals surface area contributed by atoms with Crippen LogP contribution in [0.2, 0.25) is 0 Å². The molecule has 2 aromatic rings. The fraction of sp³-hybridized carbons (Fsp3) is 0.300. The van der Waals surface area contributed by atoms with E-state index < -0.39 is 5.91 Å². The van der Waals surface area contributed by atoms with Crippen LogP contribution in [0.1, 0.15) is 10.4 Å². The molecule has 0 aliphatic rings. The molecule has 2 aromatic carbocycles. The Kier molecular flexibility index (Phi) is 7.95. The van der Waals surface area contributed by atoms with Crippen LogP contribution in [0, 0.1) is 0 Å². The Morgan fingerprint density at radius 2 is 1.36 bits per heavy atom. The number of hydrogen-bond donors (Lipinski definition) is 2. The second-order valence-corrected chi connectivity index (χ2v) is 5.66. The van der Waals surface area contributed by atoms with Gasteiger partial charge in [0, 0.05) is 11.6 Å². The summed E-state index contributed by atoms with van der Waals surface area (Å²) in [5, 5.41) is 5.23. The van der Waals surface area contributed by atoms with Gasteiger partial charge in [0.05, 0.1) is 34.4 Å². The van der Waals surface area contributed by atoms with Crippen LogP contribution in [-0.4, -0.2) is 52.8 Å². The summed E-state index contributed by atoms with van der Waals surface area (Å²) in [4.78, 5) is 24.1. The highest BCUT2D eigenvalue weighted by molar-refractivity contribution is 5.97. The molecular weight excluding hydrogens is 364 g/mol. The number of benzene rings is 2. The Labute approximate surface area is 163 Å². The standard InChI is InChI=1S/C20H24N2O6/c1-25-15-4-6-16(7-5-15)28-9-8-21-19(23)13-22-20(24)14-10-17(26-2)12-18(11-14)27-3/h4-7,10-12H,8-9,13H2,1-3H3,(H,21,23)(H,22,24). The van der Waals surface area contributed by atoms with Gasteiger partial charge in [-0.25, -0.2) is 0 Å². The van der Waals surface area contributed by atoms with E-state index >= 15 is 0 Å². The Bertz CT molecular complexity index is 770. The zero-order valence-corrected chi connectivity index (χ0v) is 16.1. The fourth-order valence-corrected chi connectivity index (χ4v) is 2.29. The topological polar surface area (TPSA) is 95.1 Å². The van der Waals surface area contributed by atoms with Gasteiger partial charge < -0.3 is 29.6 Å². The van der Waals surface area contributed by atoms with Crippen molar-refractivity contribution in [3.63, 3.8) is 0 Å². The molecule has 150 valence electrons. The summed E-state index contributed by atoms with van der Waals surface area (Å²) >= 11 is 0. The van der Waals surface area contributed by atoms with Gasteiger partial charge in [-0.2, -0.15) is 0 Å². The third-order valence-electron chi connectivity index (χ3n) is 3.78. The summed E-state index contributed by atoms with van der Waals surface area (Å²) in [6.07, 6.45) is 0. The van der Waals surface area contributed by atoms with Gasteiger partial charge in [0.2, 0.25) is 5.91 Å². The Morgan fingerprint density at radius 3 is 1.93 bits per heavy atom. The van der Waals surface area contributed by atoms with Gasteiger partial charge in [-0.15, -0.1) is 0 Å². The Balaban J connectivity index is 1.72. The molecule has 2 N–H and O–H groups in total. The van der Waals surface area contributed by atoms with Crippen LogP contribution < -0.4 is 29.6 Å². The maximum Gasteiger partial charge on any atom is 0.251 e. The van der Waals surface area contributed by atoms with E-state index in [0.29, 0.717) is 36.0 Å². The molecule has 0 spiro atoms. The molecular formula is C20H24N2O6. The average Bonchev–Trinajstić information content (AvgIpc) is 2.74. The first-order valence-electron chi connectivity index (χ1n) is 8.60. The number of carbonyl (C=O) groups is 2. The van der Waals surface area contributed by atoms with E-state index in [-0.39, 0.29) is 12.5 Å². The Hall–Kier alpha value is -3.42. The van der Waals surface area contributed by atoms with Crippen LogP contribution in [0.25, 0.3) is 0 Å². The zero-order valence-electron chi connectivity index (χ0n) is 16.1. The lowest BCUT2D eigenvalue weighted by molar-refractivity contribution is -0.120. The lowest BCUT2D eigenvalue weighted by atomic mass is 10.2. The summed E-state index contributed by atoms with van der Waals surface area (Å²) < 4.78 is 20.8. The van der Waals surface area contributed by atoms with Crippen molar-refractivity contribution in [3.05, 3.63) is 48.0 Å². The van der Waals surface area contributed by atoms with Gasteiger partial charge in [-0.05, 0) is 36.4 Å². The smallest absolute Gasteiger partial charge is 0.251 e. The fourth-order valence-electron chi connectivity index (χ4n) is 2.29. The van der Waals surface area contributed by atoms with E-state index in [2.05, 4.69) is 10.6 Å². The number of ether oxygens (including phenoxy) is 4. The number of hydrogen-bond acceptors (Lipinski definition) is 6. The van der Waals surface area contributed by atoms with Crippen molar-refractivity contribution in [2.45, 2.75) is 0 Å². The molecule has 0 saturated carbocycles. The van der Waals surface area contributed by atoms with E-state index in [9.17, 15) is 9.59 Å². The van der Waals surface area contributed by atoms with Crippen LogP contribution in [0.15, 0.2) is 42.5 Å². The zero-order chi connectivity index (χ0) is 20.4. The van der Waals surface area contributed by atoms with Crippen molar-refractivity contribution in [3.8, 4) is 23.0 Å². The maximum absolute atomic E-state index is 12.2. The normalized spacial score (nSPS) is 9.96. The van der Waals surface area contributed by atoms with Crippen molar-refractivity contribution in [1.82, 2.24) is 10.6 Å². The average molecular weight is 388 g/mol. The van der Waals surface area contributed by atoms with Gasteiger partial charge in [0.1, 0.15) is 29.6 Å². The van der Waals surface area contributed by atoms with E-state index in [1.807, 2.05) is 0 Å². The van der Waals surface area contributed by atoms with Crippen molar-refractivity contribution >= 4 is 11.8 Å².